The van der Waals surface area contributed by atoms with Crippen molar-refractivity contribution in [3.05, 3.63) is 59.5 Å². The minimum atomic E-state index is -0.976. The molecule has 2 amide bonds. The van der Waals surface area contributed by atoms with E-state index in [0.29, 0.717) is 12.3 Å². The summed E-state index contributed by atoms with van der Waals surface area (Å²) in [6, 6.07) is 13.0. The first-order valence-electron chi connectivity index (χ1n) is 8.13. The van der Waals surface area contributed by atoms with E-state index in [2.05, 4.69) is 5.32 Å². The van der Waals surface area contributed by atoms with E-state index < -0.39 is 5.60 Å². The second-order valence-electron chi connectivity index (χ2n) is 6.77. The molecule has 0 spiro atoms. The van der Waals surface area contributed by atoms with Gasteiger partial charge in [0.05, 0.1) is 18.2 Å². The highest BCUT2D eigenvalue weighted by molar-refractivity contribution is 5.74. The molecule has 130 valence electrons. The smallest absolute Gasteiger partial charge is 0.318 e. The van der Waals surface area contributed by atoms with E-state index in [0.717, 1.165) is 11.3 Å². The molecule has 1 atom stereocenters. The van der Waals surface area contributed by atoms with Crippen molar-refractivity contribution in [2.24, 2.45) is 0 Å². The predicted molar refractivity (Wildman–Crippen MR) is 93.5 cm³/mol. The van der Waals surface area contributed by atoms with Crippen molar-refractivity contribution in [2.75, 3.05) is 6.54 Å². The summed E-state index contributed by atoms with van der Waals surface area (Å²) in [7, 11) is 0. The first-order valence-corrected chi connectivity index (χ1v) is 8.13. The monoisotopic (exact) mass is 330 g/mol. The lowest BCUT2D eigenvalue weighted by atomic mass is 10.1. The Morgan fingerprint density at radius 3 is 2.46 bits per heavy atom. The van der Waals surface area contributed by atoms with Crippen molar-refractivity contribution < 1.29 is 14.3 Å². The lowest BCUT2D eigenvalue weighted by Crippen LogP contribution is -2.47. The van der Waals surface area contributed by atoms with Crippen LogP contribution in [0.3, 0.4) is 0 Å². The van der Waals surface area contributed by atoms with Crippen LogP contribution >= 0.6 is 0 Å². The highest BCUT2D eigenvalue weighted by Crippen LogP contribution is 2.17. The molecular formula is C19H26N2O3. The fourth-order valence-electron chi connectivity index (χ4n) is 2.50. The van der Waals surface area contributed by atoms with Crippen LogP contribution in [-0.4, -0.2) is 28.2 Å². The number of nitrogens with one attached hydrogen (secondary N) is 1. The normalized spacial score (nSPS) is 12.7. The van der Waals surface area contributed by atoms with Gasteiger partial charge >= 0.3 is 6.03 Å². The van der Waals surface area contributed by atoms with Crippen LogP contribution in [0.1, 0.15) is 43.9 Å². The molecule has 5 nitrogen and oxygen atoms in total. The molecule has 2 N–H and O–H groups in total. The number of nitrogens with zero attached hydrogens (tertiary/aromatic N) is 1. The number of benzene rings is 1. The summed E-state index contributed by atoms with van der Waals surface area (Å²) in [4.78, 5) is 14.3. The van der Waals surface area contributed by atoms with E-state index in [1.165, 1.54) is 0 Å². The topological polar surface area (TPSA) is 65.7 Å². The van der Waals surface area contributed by atoms with Gasteiger partial charge in [0.1, 0.15) is 11.5 Å². The number of carbonyl (C=O) groups is 1. The second kappa shape index (κ2) is 7.53. The molecule has 2 rings (SSSR count). The Morgan fingerprint density at radius 2 is 1.92 bits per heavy atom. The molecule has 0 aliphatic rings. The molecule has 1 aromatic heterocycles. The Kier molecular flexibility index (Phi) is 5.67. The number of aliphatic hydroxyl groups is 1. The van der Waals surface area contributed by atoms with E-state index in [1.807, 2.05) is 56.3 Å². The maximum atomic E-state index is 12.7. The molecule has 24 heavy (non-hydrogen) atoms. The quantitative estimate of drug-likeness (QED) is 0.850. The number of furan rings is 1. The minimum Gasteiger partial charge on any atom is -0.464 e. The number of carbonyl (C=O) groups excluding carboxylic acids is 1. The molecular weight excluding hydrogens is 304 g/mol. The SMILES string of the molecule is Cc1ccc(C(C)NC(=O)N(Cc2ccccc2)CC(C)(C)O)o1. The van der Waals surface area contributed by atoms with Gasteiger partial charge in [-0.25, -0.2) is 4.79 Å². The van der Waals surface area contributed by atoms with E-state index in [4.69, 9.17) is 4.42 Å². The summed E-state index contributed by atoms with van der Waals surface area (Å²) in [5.74, 6) is 1.52. The van der Waals surface area contributed by atoms with Gasteiger partial charge in [-0.3, -0.25) is 0 Å². The molecule has 0 saturated carbocycles. The highest BCUT2D eigenvalue weighted by atomic mass is 16.3. The van der Waals surface area contributed by atoms with Crippen LogP contribution in [0.4, 0.5) is 4.79 Å². The van der Waals surface area contributed by atoms with Gasteiger partial charge in [0, 0.05) is 6.54 Å². The van der Waals surface area contributed by atoms with E-state index in [1.54, 1.807) is 18.7 Å². The van der Waals surface area contributed by atoms with Crippen molar-refractivity contribution in [3.8, 4) is 0 Å². The molecule has 0 fully saturated rings. The molecule has 1 heterocycles. The van der Waals surface area contributed by atoms with Crippen LogP contribution in [0.25, 0.3) is 0 Å². The lowest BCUT2D eigenvalue weighted by molar-refractivity contribution is 0.0441. The van der Waals surface area contributed by atoms with Crippen LogP contribution < -0.4 is 5.32 Å². The average molecular weight is 330 g/mol. The number of urea groups is 1. The maximum Gasteiger partial charge on any atom is 0.318 e. The molecule has 0 aliphatic carbocycles. The highest BCUT2D eigenvalue weighted by Gasteiger charge is 2.24. The van der Waals surface area contributed by atoms with E-state index in [-0.39, 0.29) is 18.6 Å². The first kappa shape index (κ1) is 18.1. The van der Waals surface area contributed by atoms with Crippen LogP contribution in [0.2, 0.25) is 0 Å². The molecule has 0 aliphatic heterocycles. The molecule has 1 aromatic carbocycles. The van der Waals surface area contributed by atoms with Gasteiger partial charge in [0.25, 0.3) is 0 Å². The van der Waals surface area contributed by atoms with Crippen LogP contribution in [0.5, 0.6) is 0 Å². The summed E-state index contributed by atoms with van der Waals surface area (Å²) in [6.45, 7) is 7.79. The molecule has 0 radical (unpaired) electrons. The third-order valence-electron chi connectivity index (χ3n) is 3.61. The Hall–Kier alpha value is -2.27. The van der Waals surface area contributed by atoms with Gasteiger partial charge in [-0.05, 0) is 45.4 Å². The first-order chi connectivity index (χ1) is 11.2. The van der Waals surface area contributed by atoms with Gasteiger partial charge in [-0.15, -0.1) is 0 Å². The maximum absolute atomic E-state index is 12.7. The second-order valence-corrected chi connectivity index (χ2v) is 6.77. The predicted octanol–water partition coefficient (Wildman–Crippen LogP) is 3.63. The molecule has 1 unspecified atom stereocenters. The van der Waals surface area contributed by atoms with Crippen molar-refractivity contribution in [2.45, 2.75) is 45.9 Å². The number of amides is 2. The van der Waals surface area contributed by atoms with Crippen LogP contribution in [0.15, 0.2) is 46.9 Å². The van der Waals surface area contributed by atoms with Crippen molar-refractivity contribution in [3.63, 3.8) is 0 Å². The Balaban J connectivity index is 2.08. The Labute approximate surface area is 143 Å². The molecule has 2 aromatic rings. The van der Waals surface area contributed by atoms with Crippen molar-refractivity contribution in [1.82, 2.24) is 10.2 Å². The Morgan fingerprint density at radius 1 is 1.25 bits per heavy atom. The number of rotatable bonds is 6. The lowest BCUT2D eigenvalue weighted by Gasteiger charge is -2.30. The molecule has 0 bridgehead atoms. The average Bonchev–Trinajstić information content (AvgIpc) is 2.93. The van der Waals surface area contributed by atoms with Crippen LogP contribution in [0, 0.1) is 6.92 Å². The largest absolute Gasteiger partial charge is 0.464 e. The molecule has 0 saturated heterocycles. The summed E-state index contributed by atoms with van der Waals surface area (Å²) in [6.07, 6.45) is 0. The van der Waals surface area contributed by atoms with Gasteiger partial charge in [-0.1, -0.05) is 30.3 Å². The summed E-state index contributed by atoms with van der Waals surface area (Å²) < 4.78 is 5.56. The molecule has 5 heteroatoms. The third-order valence-corrected chi connectivity index (χ3v) is 3.61. The zero-order valence-corrected chi connectivity index (χ0v) is 14.7. The zero-order chi connectivity index (χ0) is 17.7. The number of hydrogen-bond acceptors (Lipinski definition) is 3. The van der Waals surface area contributed by atoms with Gasteiger partial charge < -0.3 is 19.7 Å². The Bertz CT molecular complexity index is 659. The van der Waals surface area contributed by atoms with E-state index in [9.17, 15) is 9.90 Å². The van der Waals surface area contributed by atoms with Gasteiger partial charge in [0.15, 0.2) is 0 Å². The van der Waals surface area contributed by atoms with Gasteiger partial charge in [-0.2, -0.15) is 0 Å². The number of aryl methyl sites for hydroxylation is 1. The fourth-order valence-corrected chi connectivity index (χ4v) is 2.50. The van der Waals surface area contributed by atoms with Crippen molar-refractivity contribution in [1.29, 1.82) is 0 Å². The minimum absolute atomic E-state index is 0.234. The standard InChI is InChI=1S/C19H26N2O3/c1-14-10-11-17(24-14)15(2)20-18(22)21(13-19(3,4)23)12-16-8-6-5-7-9-16/h5-11,15,23H,12-13H2,1-4H3,(H,20,22). The van der Waals surface area contributed by atoms with Crippen molar-refractivity contribution >= 4 is 6.03 Å². The third kappa shape index (κ3) is 5.42. The summed E-state index contributed by atoms with van der Waals surface area (Å²) in [5, 5.41) is 13.1. The zero-order valence-electron chi connectivity index (χ0n) is 14.7. The summed E-state index contributed by atoms with van der Waals surface area (Å²) in [5.41, 5.74) is 0.0368. The van der Waals surface area contributed by atoms with E-state index >= 15 is 0 Å². The van der Waals surface area contributed by atoms with Gasteiger partial charge in [0.2, 0.25) is 0 Å². The van der Waals surface area contributed by atoms with Crippen LogP contribution in [-0.2, 0) is 6.54 Å². The number of hydrogen-bond donors (Lipinski definition) is 2. The fraction of sp³-hybridized carbons (Fsp3) is 0.421. The summed E-state index contributed by atoms with van der Waals surface area (Å²) >= 11 is 0.